The fraction of sp³-hybridized carbons (Fsp3) is 0.467. The summed E-state index contributed by atoms with van der Waals surface area (Å²) in [4.78, 5) is 23.4. The first-order valence-corrected chi connectivity index (χ1v) is 6.78. The molecule has 0 unspecified atom stereocenters. The number of nitrogens with two attached hydrogens (primary N) is 1. The summed E-state index contributed by atoms with van der Waals surface area (Å²) in [6.07, 6.45) is 0.916. The van der Waals surface area contributed by atoms with E-state index in [1.807, 2.05) is 18.2 Å². The minimum absolute atomic E-state index is 0.0920. The quantitative estimate of drug-likeness (QED) is 0.707. The van der Waals surface area contributed by atoms with Gasteiger partial charge in [0.2, 0.25) is 5.91 Å². The molecule has 0 saturated carbocycles. The van der Waals surface area contributed by atoms with Crippen LogP contribution in [0.2, 0.25) is 0 Å². The summed E-state index contributed by atoms with van der Waals surface area (Å²) in [6, 6.07) is 8.22. The molecular weight excluding hydrogens is 256 g/mol. The first-order valence-electron chi connectivity index (χ1n) is 6.78. The van der Waals surface area contributed by atoms with Gasteiger partial charge in [-0.2, -0.15) is 0 Å². The number of carboxylic acid groups (broad SMARTS) is 1. The van der Waals surface area contributed by atoms with E-state index in [0.29, 0.717) is 18.4 Å². The van der Waals surface area contributed by atoms with Gasteiger partial charge in [0.05, 0.1) is 5.41 Å². The molecular formula is C15H22N2O3. The average molecular weight is 278 g/mol. The van der Waals surface area contributed by atoms with Crippen LogP contribution in [-0.2, 0) is 9.59 Å². The van der Waals surface area contributed by atoms with Gasteiger partial charge < -0.3 is 16.2 Å². The molecule has 1 amide bonds. The average Bonchev–Trinajstić information content (AvgIpc) is 2.48. The van der Waals surface area contributed by atoms with Gasteiger partial charge in [0.15, 0.2) is 0 Å². The topological polar surface area (TPSA) is 92.4 Å². The molecule has 1 rings (SSSR count). The lowest BCUT2D eigenvalue weighted by atomic mass is 9.82. The maximum atomic E-state index is 12.0. The lowest BCUT2D eigenvalue weighted by Crippen LogP contribution is -2.45. The van der Waals surface area contributed by atoms with Crippen LogP contribution in [0, 0.1) is 5.41 Å². The summed E-state index contributed by atoms with van der Waals surface area (Å²) in [5.74, 6) is -1.25. The standard InChI is InChI=1S/C15H22N2O3/c1-3-15(4-2,14(19)20)10-17-13(18)12(16)11-8-6-5-7-9-11/h5-9,12H,3-4,10,16H2,1-2H3,(H,17,18)(H,19,20)/t12-/m1/s1. The fourth-order valence-electron chi connectivity index (χ4n) is 2.06. The summed E-state index contributed by atoms with van der Waals surface area (Å²) in [5.41, 5.74) is 5.65. The van der Waals surface area contributed by atoms with Crippen LogP contribution in [0.4, 0.5) is 0 Å². The van der Waals surface area contributed by atoms with Crippen LogP contribution < -0.4 is 11.1 Å². The van der Waals surface area contributed by atoms with Crippen LogP contribution in [0.1, 0.15) is 38.3 Å². The van der Waals surface area contributed by atoms with Crippen LogP contribution in [0.5, 0.6) is 0 Å². The van der Waals surface area contributed by atoms with Gasteiger partial charge in [0.25, 0.3) is 0 Å². The van der Waals surface area contributed by atoms with E-state index < -0.39 is 17.4 Å². The van der Waals surface area contributed by atoms with Crippen LogP contribution in [-0.4, -0.2) is 23.5 Å². The monoisotopic (exact) mass is 278 g/mol. The van der Waals surface area contributed by atoms with Crippen LogP contribution in [0.25, 0.3) is 0 Å². The third-order valence-electron chi connectivity index (χ3n) is 3.85. The second-order valence-corrected chi connectivity index (χ2v) is 4.90. The number of carbonyl (C=O) groups excluding carboxylic acids is 1. The molecule has 0 bridgehead atoms. The third-order valence-corrected chi connectivity index (χ3v) is 3.85. The first-order chi connectivity index (χ1) is 9.46. The van der Waals surface area contributed by atoms with Crippen molar-refractivity contribution in [2.75, 3.05) is 6.54 Å². The van der Waals surface area contributed by atoms with Crippen molar-refractivity contribution in [1.82, 2.24) is 5.32 Å². The van der Waals surface area contributed by atoms with Gasteiger partial charge in [-0.05, 0) is 18.4 Å². The van der Waals surface area contributed by atoms with Crippen molar-refractivity contribution in [3.8, 4) is 0 Å². The smallest absolute Gasteiger partial charge is 0.311 e. The molecule has 1 aromatic carbocycles. The van der Waals surface area contributed by atoms with Crippen molar-refractivity contribution >= 4 is 11.9 Å². The van der Waals surface area contributed by atoms with Gasteiger partial charge in [0, 0.05) is 6.54 Å². The molecule has 0 aliphatic rings. The molecule has 5 heteroatoms. The van der Waals surface area contributed by atoms with Gasteiger partial charge in [-0.15, -0.1) is 0 Å². The van der Waals surface area contributed by atoms with Crippen molar-refractivity contribution in [2.45, 2.75) is 32.7 Å². The van der Waals surface area contributed by atoms with E-state index >= 15 is 0 Å². The van der Waals surface area contributed by atoms with E-state index in [1.54, 1.807) is 26.0 Å². The number of carboxylic acids is 1. The van der Waals surface area contributed by atoms with Gasteiger partial charge in [-0.25, -0.2) is 0 Å². The lowest BCUT2D eigenvalue weighted by molar-refractivity contribution is -0.149. The number of benzene rings is 1. The fourth-order valence-corrected chi connectivity index (χ4v) is 2.06. The summed E-state index contributed by atoms with van der Waals surface area (Å²) >= 11 is 0. The Morgan fingerprint density at radius 2 is 1.80 bits per heavy atom. The number of rotatable bonds is 7. The van der Waals surface area contributed by atoms with E-state index in [2.05, 4.69) is 5.32 Å². The Hall–Kier alpha value is -1.88. The Morgan fingerprint density at radius 1 is 1.25 bits per heavy atom. The maximum absolute atomic E-state index is 12.0. The molecule has 20 heavy (non-hydrogen) atoms. The molecule has 5 nitrogen and oxygen atoms in total. The zero-order valence-electron chi connectivity index (χ0n) is 11.9. The zero-order chi connectivity index (χ0) is 15.2. The second-order valence-electron chi connectivity index (χ2n) is 4.90. The Bertz CT molecular complexity index is 455. The largest absolute Gasteiger partial charge is 0.481 e. The van der Waals surface area contributed by atoms with Crippen molar-refractivity contribution in [3.63, 3.8) is 0 Å². The molecule has 1 atom stereocenters. The first kappa shape index (κ1) is 16.2. The van der Waals surface area contributed by atoms with Crippen molar-refractivity contribution in [2.24, 2.45) is 11.1 Å². The molecule has 4 N–H and O–H groups in total. The van der Waals surface area contributed by atoms with E-state index in [1.165, 1.54) is 0 Å². The molecule has 0 fully saturated rings. The molecule has 0 saturated heterocycles. The van der Waals surface area contributed by atoms with E-state index in [0.717, 1.165) is 0 Å². The third kappa shape index (κ3) is 3.57. The number of hydrogen-bond acceptors (Lipinski definition) is 3. The highest BCUT2D eigenvalue weighted by molar-refractivity contribution is 5.84. The molecule has 0 heterocycles. The number of hydrogen-bond donors (Lipinski definition) is 3. The normalized spacial score (nSPS) is 12.8. The van der Waals surface area contributed by atoms with Gasteiger partial charge in [0.1, 0.15) is 6.04 Å². The highest BCUT2D eigenvalue weighted by atomic mass is 16.4. The van der Waals surface area contributed by atoms with E-state index in [-0.39, 0.29) is 12.5 Å². The molecule has 0 radical (unpaired) electrons. The summed E-state index contributed by atoms with van der Waals surface area (Å²) in [6.45, 7) is 3.70. The number of amides is 1. The van der Waals surface area contributed by atoms with Crippen molar-refractivity contribution in [1.29, 1.82) is 0 Å². The zero-order valence-corrected chi connectivity index (χ0v) is 11.9. The Labute approximate surface area is 119 Å². The Balaban J connectivity index is 2.69. The molecule has 0 spiro atoms. The minimum atomic E-state index is -0.925. The van der Waals surface area contributed by atoms with Crippen LogP contribution in [0.3, 0.4) is 0 Å². The SMILES string of the molecule is CCC(CC)(CNC(=O)[C@H](N)c1ccccc1)C(=O)O. The highest BCUT2D eigenvalue weighted by Gasteiger charge is 2.35. The maximum Gasteiger partial charge on any atom is 0.311 e. The predicted molar refractivity (Wildman–Crippen MR) is 77.0 cm³/mol. The highest BCUT2D eigenvalue weighted by Crippen LogP contribution is 2.25. The van der Waals surface area contributed by atoms with Crippen molar-refractivity contribution in [3.05, 3.63) is 35.9 Å². The van der Waals surface area contributed by atoms with E-state index in [9.17, 15) is 14.7 Å². The summed E-state index contributed by atoms with van der Waals surface area (Å²) in [7, 11) is 0. The number of aliphatic carboxylic acids is 1. The minimum Gasteiger partial charge on any atom is -0.481 e. The molecule has 0 aliphatic carbocycles. The summed E-state index contributed by atoms with van der Waals surface area (Å²) < 4.78 is 0. The summed E-state index contributed by atoms with van der Waals surface area (Å²) in [5, 5.41) is 12.0. The number of nitrogens with one attached hydrogen (secondary N) is 1. The van der Waals surface area contributed by atoms with Gasteiger partial charge in [-0.1, -0.05) is 44.2 Å². The molecule has 110 valence electrons. The Morgan fingerprint density at radius 3 is 2.25 bits per heavy atom. The van der Waals surface area contributed by atoms with Crippen LogP contribution >= 0.6 is 0 Å². The van der Waals surface area contributed by atoms with Gasteiger partial charge >= 0.3 is 5.97 Å². The van der Waals surface area contributed by atoms with Crippen LogP contribution in [0.15, 0.2) is 30.3 Å². The lowest BCUT2D eigenvalue weighted by Gasteiger charge is -2.27. The van der Waals surface area contributed by atoms with Crippen molar-refractivity contribution < 1.29 is 14.7 Å². The predicted octanol–water partition coefficient (Wildman–Crippen LogP) is 1.69. The van der Waals surface area contributed by atoms with E-state index in [4.69, 9.17) is 5.73 Å². The molecule has 0 aliphatic heterocycles. The molecule has 1 aromatic rings. The second kappa shape index (κ2) is 7.05. The molecule has 0 aromatic heterocycles. The number of carbonyl (C=O) groups is 2. The Kier molecular flexibility index (Phi) is 5.70. The van der Waals surface area contributed by atoms with Gasteiger partial charge in [-0.3, -0.25) is 9.59 Å².